The lowest BCUT2D eigenvalue weighted by molar-refractivity contribution is 0.100. The molecular formula is C12H8N4O2S. The molecule has 2 aromatic rings. The quantitative estimate of drug-likeness (QED) is 0.879. The van der Waals surface area contributed by atoms with Gasteiger partial charge in [-0.1, -0.05) is 11.3 Å². The van der Waals surface area contributed by atoms with E-state index in [1.165, 1.54) is 18.3 Å². The smallest absolute Gasteiger partial charge is 0.260 e. The molecule has 0 radical (unpaired) electrons. The number of amides is 2. The van der Waals surface area contributed by atoms with Crippen molar-refractivity contribution in [2.45, 2.75) is 0 Å². The Balaban J connectivity index is 2.11. The zero-order valence-corrected chi connectivity index (χ0v) is 10.4. The number of benzene rings is 1. The van der Waals surface area contributed by atoms with Crippen LogP contribution in [0.5, 0.6) is 0 Å². The van der Waals surface area contributed by atoms with Crippen LogP contribution in [0, 0.1) is 11.3 Å². The van der Waals surface area contributed by atoms with Gasteiger partial charge < -0.3 is 5.73 Å². The summed E-state index contributed by atoms with van der Waals surface area (Å²) in [6.07, 6.45) is 1.31. The molecule has 94 valence electrons. The fraction of sp³-hybridized carbons (Fsp3) is 0. The summed E-state index contributed by atoms with van der Waals surface area (Å²) in [5.41, 5.74) is 5.96. The normalized spacial score (nSPS) is 9.63. The van der Waals surface area contributed by atoms with Gasteiger partial charge in [-0.3, -0.25) is 14.9 Å². The van der Waals surface area contributed by atoms with Crippen molar-refractivity contribution in [3.63, 3.8) is 0 Å². The zero-order valence-electron chi connectivity index (χ0n) is 9.58. The Labute approximate surface area is 112 Å². The van der Waals surface area contributed by atoms with Gasteiger partial charge in [0, 0.05) is 5.56 Å². The van der Waals surface area contributed by atoms with Gasteiger partial charge in [-0.05, 0) is 24.3 Å². The van der Waals surface area contributed by atoms with Gasteiger partial charge in [0.25, 0.3) is 11.8 Å². The van der Waals surface area contributed by atoms with Gasteiger partial charge in [-0.2, -0.15) is 5.26 Å². The largest absolute Gasteiger partial charge is 0.365 e. The van der Waals surface area contributed by atoms with E-state index in [0.717, 1.165) is 11.3 Å². The second kappa shape index (κ2) is 5.29. The van der Waals surface area contributed by atoms with Crippen LogP contribution in [-0.2, 0) is 0 Å². The molecule has 0 saturated heterocycles. The van der Waals surface area contributed by atoms with Crippen molar-refractivity contribution in [1.82, 2.24) is 4.98 Å². The molecule has 2 amide bonds. The Morgan fingerprint density at radius 2 is 2.00 bits per heavy atom. The number of primary amides is 1. The van der Waals surface area contributed by atoms with Crippen molar-refractivity contribution < 1.29 is 9.59 Å². The highest BCUT2D eigenvalue weighted by molar-refractivity contribution is 7.17. The number of anilines is 1. The number of carbonyl (C=O) groups is 2. The topological polar surface area (TPSA) is 109 Å². The highest BCUT2D eigenvalue weighted by atomic mass is 32.1. The predicted molar refractivity (Wildman–Crippen MR) is 69.7 cm³/mol. The third kappa shape index (κ3) is 2.94. The second-order valence-corrected chi connectivity index (χ2v) is 4.57. The van der Waals surface area contributed by atoms with Gasteiger partial charge in [0.05, 0.1) is 17.8 Å². The molecule has 0 atom stereocenters. The van der Waals surface area contributed by atoms with Crippen LogP contribution < -0.4 is 11.1 Å². The Kier molecular flexibility index (Phi) is 3.54. The summed E-state index contributed by atoms with van der Waals surface area (Å²) in [5.74, 6) is -0.953. The molecule has 6 nitrogen and oxygen atoms in total. The minimum absolute atomic E-state index is 0.273. The first kappa shape index (κ1) is 12.7. The minimum Gasteiger partial charge on any atom is -0.365 e. The van der Waals surface area contributed by atoms with Crippen molar-refractivity contribution in [1.29, 1.82) is 5.26 Å². The van der Waals surface area contributed by atoms with Crippen LogP contribution in [0.2, 0.25) is 0 Å². The highest BCUT2D eigenvalue weighted by Crippen LogP contribution is 2.18. The van der Waals surface area contributed by atoms with Crippen molar-refractivity contribution in [2.24, 2.45) is 5.73 Å². The Morgan fingerprint density at radius 3 is 2.53 bits per heavy atom. The molecule has 1 heterocycles. The molecule has 0 unspecified atom stereocenters. The van der Waals surface area contributed by atoms with E-state index in [-0.39, 0.29) is 10.8 Å². The summed E-state index contributed by atoms with van der Waals surface area (Å²) in [6, 6.07) is 8.14. The summed E-state index contributed by atoms with van der Waals surface area (Å²) >= 11 is 1.00. The first-order valence-electron chi connectivity index (χ1n) is 5.17. The van der Waals surface area contributed by atoms with E-state index < -0.39 is 5.91 Å². The average Bonchev–Trinajstić information content (AvgIpc) is 2.87. The van der Waals surface area contributed by atoms with Gasteiger partial charge in [0.15, 0.2) is 5.13 Å². The van der Waals surface area contributed by atoms with E-state index in [0.29, 0.717) is 16.3 Å². The average molecular weight is 272 g/mol. The van der Waals surface area contributed by atoms with Gasteiger partial charge in [-0.25, -0.2) is 4.98 Å². The Morgan fingerprint density at radius 1 is 1.32 bits per heavy atom. The van der Waals surface area contributed by atoms with E-state index >= 15 is 0 Å². The third-order valence-electron chi connectivity index (χ3n) is 2.25. The van der Waals surface area contributed by atoms with Crippen LogP contribution in [0.1, 0.15) is 25.6 Å². The van der Waals surface area contributed by atoms with Gasteiger partial charge in [0.1, 0.15) is 4.88 Å². The maximum Gasteiger partial charge on any atom is 0.260 e. The molecule has 1 aromatic carbocycles. The Bertz CT molecular complexity index is 670. The van der Waals surface area contributed by atoms with E-state index in [1.54, 1.807) is 12.1 Å². The second-order valence-electron chi connectivity index (χ2n) is 3.54. The molecule has 0 fully saturated rings. The molecule has 19 heavy (non-hydrogen) atoms. The maximum absolute atomic E-state index is 11.8. The van der Waals surface area contributed by atoms with Crippen LogP contribution in [0.15, 0.2) is 30.5 Å². The van der Waals surface area contributed by atoms with E-state index in [1.807, 2.05) is 6.07 Å². The fourth-order valence-electron chi connectivity index (χ4n) is 1.31. The number of thiazole rings is 1. The number of nitrogens with two attached hydrogens (primary N) is 1. The summed E-state index contributed by atoms with van der Waals surface area (Å²) in [6.45, 7) is 0. The molecule has 0 spiro atoms. The number of hydrogen-bond donors (Lipinski definition) is 2. The van der Waals surface area contributed by atoms with Crippen molar-refractivity contribution in [3.05, 3.63) is 46.5 Å². The first-order chi connectivity index (χ1) is 9.10. The van der Waals surface area contributed by atoms with Crippen LogP contribution in [0.25, 0.3) is 0 Å². The van der Waals surface area contributed by atoms with Crippen LogP contribution in [0.4, 0.5) is 5.13 Å². The van der Waals surface area contributed by atoms with Crippen LogP contribution in [-0.4, -0.2) is 16.8 Å². The van der Waals surface area contributed by atoms with Crippen LogP contribution in [0.3, 0.4) is 0 Å². The summed E-state index contributed by atoms with van der Waals surface area (Å²) < 4.78 is 0. The number of carbonyl (C=O) groups excluding carboxylic acids is 2. The lowest BCUT2D eigenvalue weighted by Gasteiger charge is -2.01. The summed E-state index contributed by atoms with van der Waals surface area (Å²) in [5, 5.41) is 11.5. The van der Waals surface area contributed by atoms with Crippen molar-refractivity contribution in [3.8, 4) is 6.07 Å². The molecular weight excluding hydrogens is 264 g/mol. The molecule has 2 rings (SSSR count). The zero-order chi connectivity index (χ0) is 13.8. The fourth-order valence-corrected chi connectivity index (χ4v) is 1.97. The lowest BCUT2D eigenvalue weighted by Crippen LogP contribution is -2.11. The molecule has 0 aliphatic rings. The number of hydrogen-bond acceptors (Lipinski definition) is 5. The standard InChI is InChI=1S/C12H8N4O2S/c13-5-7-1-3-8(4-2-7)11(18)16-12-15-6-9(19-12)10(14)17/h1-4,6H,(H2,14,17)(H,15,16,18). The minimum atomic E-state index is -0.587. The number of nitrogens with one attached hydrogen (secondary N) is 1. The van der Waals surface area contributed by atoms with E-state index in [2.05, 4.69) is 10.3 Å². The monoisotopic (exact) mass is 272 g/mol. The number of aromatic nitrogens is 1. The first-order valence-corrected chi connectivity index (χ1v) is 5.99. The van der Waals surface area contributed by atoms with Crippen LogP contribution >= 0.6 is 11.3 Å². The number of nitrogens with zero attached hydrogens (tertiary/aromatic N) is 2. The number of rotatable bonds is 3. The van der Waals surface area contributed by atoms with Gasteiger partial charge in [0.2, 0.25) is 0 Å². The molecule has 0 aliphatic heterocycles. The molecule has 0 bridgehead atoms. The third-order valence-corrected chi connectivity index (χ3v) is 3.17. The molecule has 0 aliphatic carbocycles. The highest BCUT2D eigenvalue weighted by Gasteiger charge is 2.11. The molecule has 7 heteroatoms. The predicted octanol–water partition coefficient (Wildman–Crippen LogP) is 1.37. The van der Waals surface area contributed by atoms with Gasteiger partial charge in [-0.15, -0.1) is 0 Å². The van der Waals surface area contributed by atoms with Crippen molar-refractivity contribution in [2.75, 3.05) is 5.32 Å². The molecule has 0 saturated carbocycles. The number of nitriles is 1. The van der Waals surface area contributed by atoms with E-state index in [4.69, 9.17) is 11.0 Å². The SMILES string of the molecule is N#Cc1ccc(C(=O)Nc2ncc(C(N)=O)s2)cc1. The molecule has 1 aromatic heterocycles. The summed E-state index contributed by atoms with van der Waals surface area (Å²) in [4.78, 5) is 26.9. The molecule has 3 N–H and O–H groups in total. The lowest BCUT2D eigenvalue weighted by atomic mass is 10.1. The summed E-state index contributed by atoms with van der Waals surface area (Å²) in [7, 11) is 0. The van der Waals surface area contributed by atoms with E-state index in [9.17, 15) is 9.59 Å². The maximum atomic E-state index is 11.8. The van der Waals surface area contributed by atoms with Gasteiger partial charge >= 0.3 is 0 Å². The van der Waals surface area contributed by atoms with Crippen molar-refractivity contribution >= 4 is 28.3 Å². The Hall–Kier alpha value is -2.72.